The number of nitrogens with one attached hydrogen (secondary N) is 2. The number of carbonyl (C=O) groups excluding carboxylic acids is 2. The van der Waals surface area contributed by atoms with Crippen molar-refractivity contribution in [3.63, 3.8) is 0 Å². The Balaban J connectivity index is 2.00. The van der Waals surface area contributed by atoms with E-state index in [0.717, 1.165) is 28.4 Å². The second kappa shape index (κ2) is 9.29. The average molecular weight is 417 g/mol. The fourth-order valence-corrected chi connectivity index (χ4v) is 3.10. The summed E-state index contributed by atoms with van der Waals surface area (Å²) in [5.41, 5.74) is 6.32. The monoisotopic (exact) mass is 416 g/mol. The molecule has 2 rings (SSSR count). The van der Waals surface area contributed by atoms with Crippen molar-refractivity contribution in [2.24, 2.45) is 5.10 Å². The number of anilines is 1. The van der Waals surface area contributed by atoms with Gasteiger partial charge in [0.05, 0.1) is 21.9 Å². The molecule has 0 unspecified atom stereocenters. The number of rotatable bonds is 6. The van der Waals surface area contributed by atoms with Crippen molar-refractivity contribution in [1.82, 2.24) is 5.43 Å². The van der Waals surface area contributed by atoms with Gasteiger partial charge in [-0.3, -0.25) is 19.7 Å². The van der Waals surface area contributed by atoms with Gasteiger partial charge in [0.25, 0.3) is 11.6 Å². The summed E-state index contributed by atoms with van der Waals surface area (Å²) in [5.74, 6) is -0.890. The molecule has 0 saturated heterocycles. The van der Waals surface area contributed by atoms with Gasteiger partial charge < -0.3 is 5.32 Å². The van der Waals surface area contributed by atoms with Crippen LogP contribution >= 0.6 is 11.6 Å². The molecule has 0 aliphatic heterocycles. The third kappa shape index (κ3) is 5.86. The van der Waals surface area contributed by atoms with Crippen LogP contribution in [0.3, 0.4) is 0 Å². The lowest BCUT2D eigenvalue weighted by Crippen LogP contribution is -2.22. The molecule has 0 heterocycles. The van der Waals surface area contributed by atoms with Crippen LogP contribution in [0.25, 0.3) is 0 Å². The summed E-state index contributed by atoms with van der Waals surface area (Å²) in [6.07, 6.45) is -0.0129. The number of benzene rings is 2. The third-order valence-electron chi connectivity index (χ3n) is 4.11. The van der Waals surface area contributed by atoms with Crippen molar-refractivity contribution in [2.75, 3.05) is 5.32 Å². The molecule has 0 aliphatic carbocycles. The fourth-order valence-electron chi connectivity index (χ4n) is 2.84. The Labute approximate surface area is 173 Å². The highest BCUT2D eigenvalue weighted by Crippen LogP contribution is 2.23. The molecule has 0 bridgehead atoms. The minimum Gasteiger partial charge on any atom is -0.325 e. The van der Waals surface area contributed by atoms with E-state index in [1.54, 1.807) is 6.92 Å². The second-order valence-corrected chi connectivity index (χ2v) is 7.12. The van der Waals surface area contributed by atoms with Gasteiger partial charge in [0.2, 0.25) is 5.91 Å². The predicted octanol–water partition coefficient (Wildman–Crippen LogP) is 4.31. The molecule has 2 N–H and O–H groups in total. The van der Waals surface area contributed by atoms with Crippen LogP contribution < -0.4 is 10.7 Å². The lowest BCUT2D eigenvalue weighted by molar-refractivity contribution is -0.384. The summed E-state index contributed by atoms with van der Waals surface area (Å²) in [6.45, 7) is 7.43. The maximum absolute atomic E-state index is 12.3. The van der Waals surface area contributed by atoms with Crippen LogP contribution in [0.1, 0.15) is 40.4 Å². The zero-order valence-corrected chi connectivity index (χ0v) is 17.3. The number of carbonyl (C=O) groups is 2. The average Bonchev–Trinajstić information content (AvgIpc) is 2.62. The van der Waals surface area contributed by atoms with Crippen molar-refractivity contribution >= 4 is 40.5 Å². The normalized spacial score (nSPS) is 11.1. The van der Waals surface area contributed by atoms with E-state index in [1.165, 1.54) is 12.1 Å². The number of hydrazone groups is 1. The molecular weight excluding hydrogens is 396 g/mol. The van der Waals surface area contributed by atoms with Gasteiger partial charge >= 0.3 is 0 Å². The van der Waals surface area contributed by atoms with Crippen LogP contribution in [0.4, 0.5) is 11.4 Å². The number of nitrogens with zero attached hydrogens (tertiary/aromatic N) is 2. The Morgan fingerprint density at radius 3 is 2.31 bits per heavy atom. The molecule has 9 heteroatoms. The Morgan fingerprint density at radius 2 is 1.76 bits per heavy atom. The van der Waals surface area contributed by atoms with Crippen molar-refractivity contribution in [3.05, 3.63) is 67.7 Å². The van der Waals surface area contributed by atoms with Gasteiger partial charge in [-0.1, -0.05) is 29.3 Å². The van der Waals surface area contributed by atoms with E-state index in [-0.39, 0.29) is 28.6 Å². The largest absolute Gasteiger partial charge is 0.325 e. The van der Waals surface area contributed by atoms with E-state index in [9.17, 15) is 19.7 Å². The van der Waals surface area contributed by atoms with Crippen LogP contribution in [0.2, 0.25) is 5.02 Å². The van der Waals surface area contributed by atoms with E-state index in [1.807, 2.05) is 32.9 Å². The smallest absolute Gasteiger partial charge is 0.272 e. The number of hydrogen-bond acceptors (Lipinski definition) is 5. The first kappa shape index (κ1) is 22.0. The first-order valence-corrected chi connectivity index (χ1v) is 9.11. The van der Waals surface area contributed by atoms with Crippen molar-refractivity contribution < 1.29 is 14.5 Å². The van der Waals surface area contributed by atoms with Gasteiger partial charge in [-0.05, 0) is 44.9 Å². The lowest BCUT2D eigenvalue weighted by atomic mass is 10.0. The lowest BCUT2D eigenvalue weighted by Gasteiger charge is -2.12. The van der Waals surface area contributed by atoms with Crippen LogP contribution in [-0.4, -0.2) is 22.4 Å². The molecule has 8 nitrogen and oxygen atoms in total. The van der Waals surface area contributed by atoms with Gasteiger partial charge in [0.1, 0.15) is 0 Å². The van der Waals surface area contributed by atoms with Crippen LogP contribution in [0.15, 0.2) is 35.4 Å². The molecule has 2 amide bonds. The zero-order valence-electron chi connectivity index (χ0n) is 16.5. The number of nitro groups is 1. The highest BCUT2D eigenvalue weighted by atomic mass is 35.5. The number of amides is 2. The SMILES string of the molecule is C/C(CC(=O)Nc1c(C)cc(C)cc1C)=N\NC(=O)c1ccc([N+](=O)[O-])cc1Cl. The molecule has 0 aromatic heterocycles. The number of non-ortho nitro benzene ring substituents is 1. The molecule has 29 heavy (non-hydrogen) atoms. The second-order valence-electron chi connectivity index (χ2n) is 6.71. The third-order valence-corrected chi connectivity index (χ3v) is 4.43. The fraction of sp³-hybridized carbons (Fsp3) is 0.250. The minimum atomic E-state index is -0.630. The van der Waals surface area contributed by atoms with Crippen LogP contribution in [0, 0.1) is 30.9 Å². The van der Waals surface area contributed by atoms with Gasteiger partial charge in [0.15, 0.2) is 0 Å². The van der Waals surface area contributed by atoms with Crippen molar-refractivity contribution in [1.29, 1.82) is 0 Å². The Bertz CT molecular complexity index is 995. The topological polar surface area (TPSA) is 114 Å². The number of halogens is 1. The highest BCUT2D eigenvalue weighted by molar-refractivity contribution is 6.34. The van der Waals surface area contributed by atoms with Gasteiger partial charge in [-0.25, -0.2) is 5.43 Å². The Kier molecular flexibility index (Phi) is 7.06. The maximum atomic E-state index is 12.3. The van der Waals surface area contributed by atoms with E-state index in [0.29, 0.717) is 5.71 Å². The number of aryl methyl sites for hydroxylation is 3. The molecular formula is C20H21ClN4O4. The maximum Gasteiger partial charge on any atom is 0.272 e. The quantitative estimate of drug-likeness (QED) is 0.415. The molecule has 152 valence electrons. The molecule has 0 saturated carbocycles. The standard InChI is InChI=1S/C20H21ClN4O4/c1-11-7-12(2)19(13(3)8-11)22-18(26)9-14(4)23-24-20(27)16-6-5-15(25(28)29)10-17(16)21/h5-8,10H,9H2,1-4H3,(H,22,26)(H,24,27)/b23-14+. The number of nitro benzene ring substituents is 1. The first-order valence-electron chi connectivity index (χ1n) is 8.73. The summed E-state index contributed by atoms with van der Waals surface area (Å²) in [4.78, 5) is 34.6. The summed E-state index contributed by atoms with van der Waals surface area (Å²) in [7, 11) is 0. The van der Waals surface area contributed by atoms with Gasteiger partial charge in [0, 0.05) is 23.5 Å². The minimum absolute atomic E-state index is 0.0129. The molecule has 0 atom stereocenters. The summed E-state index contributed by atoms with van der Waals surface area (Å²) >= 11 is 5.92. The van der Waals surface area contributed by atoms with Gasteiger partial charge in [-0.15, -0.1) is 0 Å². The molecule has 0 aliphatic rings. The molecule has 2 aromatic rings. The van der Waals surface area contributed by atoms with Crippen molar-refractivity contribution in [3.8, 4) is 0 Å². The summed E-state index contributed by atoms with van der Waals surface area (Å²) in [6, 6.07) is 7.48. The Hall–Kier alpha value is -3.26. The summed E-state index contributed by atoms with van der Waals surface area (Å²) < 4.78 is 0. The first-order chi connectivity index (χ1) is 13.6. The van der Waals surface area contributed by atoms with E-state index in [2.05, 4.69) is 15.8 Å². The number of hydrogen-bond donors (Lipinski definition) is 2. The van der Waals surface area contributed by atoms with E-state index in [4.69, 9.17) is 11.6 Å². The van der Waals surface area contributed by atoms with Crippen LogP contribution in [-0.2, 0) is 4.79 Å². The molecule has 2 aromatic carbocycles. The van der Waals surface area contributed by atoms with E-state index >= 15 is 0 Å². The highest BCUT2D eigenvalue weighted by Gasteiger charge is 2.15. The predicted molar refractivity (Wildman–Crippen MR) is 113 cm³/mol. The molecule has 0 spiro atoms. The van der Waals surface area contributed by atoms with E-state index < -0.39 is 10.8 Å². The van der Waals surface area contributed by atoms with Crippen LogP contribution in [0.5, 0.6) is 0 Å². The van der Waals surface area contributed by atoms with Gasteiger partial charge in [-0.2, -0.15) is 5.10 Å². The Morgan fingerprint density at radius 1 is 1.14 bits per heavy atom. The summed E-state index contributed by atoms with van der Waals surface area (Å²) in [5, 5.41) is 17.4. The zero-order chi connectivity index (χ0) is 21.7. The molecule has 0 fully saturated rings. The molecule has 0 radical (unpaired) electrons. The van der Waals surface area contributed by atoms with Crippen molar-refractivity contribution in [2.45, 2.75) is 34.1 Å².